The van der Waals surface area contributed by atoms with Crippen LogP contribution in [0.5, 0.6) is 11.5 Å². The Kier molecular flexibility index (Phi) is 1.80. The molecule has 20 heavy (non-hydrogen) atoms. The van der Waals surface area contributed by atoms with E-state index >= 15 is 0 Å². The second kappa shape index (κ2) is 3.35. The smallest absolute Gasteiger partial charge is 0.324 e. The van der Waals surface area contributed by atoms with Gasteiger partial charge in [0.25, 0.3) is 0 Å². The van der Waals surface area contributed by atoms with Crippen LogP contribution in [-0.2, 0) is 0 Å². The summed E-state index contributed by atoms with van der Waals surface area (Å²) in [7, 11) is 0. The van der Waals surface area contributed by atoms with Crippen molar-refractivity contribution in [2.45, 2.75) is 18.4 Å². The number of nitrogens with one attached hydrogen (secondary N) is 1. The van der Waals surface area contributed by atoms with Crippen molar-refractivity contribution in [2.24, 2.45) is 0 Å². The predicted octanol–water partition coefficient (Wildman–Crippen LogP) is 2.09. The molecule has 1 aliphatic carbocycles. The molecule has 102 valence electrons. The first-order valence-electron chi connectivity index (χ1n) is 6.54. The summed E-state index contributed by atoms with van der Waals surface area (Å²) in [6, 6.07) is 3.82. The molecule has 1 N–H and O–H groups in total. The monoisotopic (exact) mass is 289 g/mol. The first-order chi connectivity index (χ1) is 9.77. The summed E-state index contributed by atoms with van der Waals surface area (Å²) in [6.07, 6.45) is 2.08. The minimum absolute atomic E-state index is 0.0362. The van der Waals surface area contributed by atoms with Crippen molar-refractivity contribution in [1.82, 2.24) is 10.3 Å². The van der Waals surface area contributed by atoms with Crippen LogP contribution >= 0.6 is 11.3 Å². The molecule has 1 aromatic heterocycles. The van der Waals surface area contributed by atoms with Gasteiger partial charge in [-0.1, -0.05) is 11.3 Å². The van der Waals surface area contributed by atoms with E-state index in [0.29, 0.717) is 5.75 Å². The van der Waals surface area contributed by atoms with E-state index in [1.807, 2.05) is 17.0 Å². The first-order valence-corrected chi connectivity index (χ1v) is 7.36. The maximum absolute atomic E-state index is 12.1. The van der Waals surface area contributed by atoms with Crippen LogP contribution in [0.1, 0.15) is 12.8 Å². The van der Waals surface area contributed by atoms with E-state index < -0.39 is 0 Å². The molecule has 7 heteroatoms. The topological polar surface area (TPSA) is 63.7 Å². The van der Waals surface area contributed by atoms with Crippen LogP contribution in [0.25, 0.3) is 10.2 Å². The van der Waals surface area contributed by atoms with E-state index in [1.165, 1.54) is 11.3 Å². The molecule has 2 aromatic rings. The summed E-state index contributed by atoms with van der Waals surface area (Å²) in [5.41, 5.74) is 0.751. The lowest BCUT2D eigenvalue weighted by molar-refractivity contribution is 0.174. The molecule has 0 bridgehead atoms. The summed E-state index contributed by atoms with van der Waals surface area (Å²) in [5.74, 6) is 1.41. The number of carbonyl (C=O) groups excluding carboxylic acids is 1. The molecule has 2 amide bonds. The molecule has 1 saturated heterocycles. The summed E-state index contributed by atoms with van der Waals surface area (Å²) < 4.78 is 11.9. The zero-order valence-corrected chi connectivity index (χ0v) is 11.3. The molecule has 1 aromatic carbocycles. The van der Waals surface area contributed by atoms with Crippen molar-refractivity contribution in [1.29, 1.82) is 0 Å². The van der Waals surface area contributed by atoms with Gasteiger partial charge in [0.2, 0.25) is 6.79 Å². The highest BCUT2D eigenvalue weighted by molar-refractivity contribution is 7.22. The van der Waals surface area contributed by atoms with E-state index in [0.717, 1.165) is 40.5 Å². The fourth-order valence-corrected chi connectivity index (χ4v) is 3.96. The number of rotatable bonds is 1. The lowest BCUT2D eigenvalue weighted by Crippen LogP contribution is -2.35. The highest BCUT2D eigenvalue weighted by Gasteiger charge is 2.56. The fourth-order valence-electron chi connectivity index (χ4n) is 2.89. The number of amides is 2. The van der Waals surface area contributed by atoms with Gasteiger partial charge in [-0.05, 0) is 25.0 Å². The fraction of sp³-hybridized carbons (Fsp3) is 0.385. The van der Waals surface area contributed by atoms with Gasteiger partial charge in [-0.15, -0.1) is 0 Å². The Morgan fingerprint density at radius 2 is 2.25 bits per heavy atom. The predicted molar refractivity (Wildman–Crippen MR) is 73.6 cm³/mol. The van der Waals surface area contributed by atoms with Gasteiger partial charge in [-0.25, -0.2) is 9.78 Å². The van der Waals surface area contributed by atoms with Crippen LogP contribution in [0.3, 0.4) is 0 Å². The van der Waals surface area contributed by atoms with E-state index in [4.69, 9.17) is 9.47 Å². The number of aromatic nitrogens is 1. The average molecular weight is 289 g/mol. The molecular formula is C13H11N3O3S. The molecule has 2 fully saturated rings. The molecule has 1 saturated carbocycles. The second-order valence-electron chi connectivity index (χ2n) is 5.36. The number of anilines is 1. The zero-order valence-electron chi connectivity index (χ0n) is 10.5. The second-order valence-corrected chi connectivity index (χ2v) is 6.37. The van der Waals surface area contributed by atoms with E-state index in [1.54, 1.807) is 0 Å². The van der Waals surface area contributed by atoms with Crippen LogP contribution in [0, 0.1) is 0 Å². The van der Waals surface area contributed by atoms with Crippen molar-refractivity contribution in [3.8, 4) is 11.5 Å². The number of benzene rings is 1. The van der Waals surface area contributed by atoms with Crippen molar-refractivity contribution >= 4 is 32.7 Å². The number of hydrogen-bond donors (Lipinski definition) is 1. The van der Waals surface area contributed by atoms with Gasteiger partial charge in [0, 0.05) is 6.54 Å². The van der Waals surface area contributed by atoms with Crippen LogP contribution in [0.4, 0.5) is 9.93 Å². The zero-order chi connectivity index (χ0) is 13.3. The van der Waals surface area contributed by atoms with E-state index in [2.05, 4.69) is 10.3 Å². The average Bonchev–Trinajstić information content (AvgIpc) is 2.80. The lowest BCUT2D eigenvalue weighted by atomic mass is 10.3. The first kappa shape index (κ1) is 10.7. The van der Waals surface area contributed by atoms with Crippen LogP contribution in [0.2, 0.25) is 0 Å². The third-order valence-electron chi connectivity index (χ3n) is 4.15. The molecule has 3 aliphatic rings. The Hall–Kier alpha value is -2.02. The van der Waals surface area contributed by atoms with Gasteiger partial charge in [0.05, 0.1) is 10.2 Å². The van der Waals surface area contributed by atoms with Crippen molar-refractivity contribution in [3.05, 3.63) is 12.1 Å². The Morgan fingerprint density at radius 3 is 3.10 bits per heavy atom. The SMILES string of the molecule is O=C1NCC2(CC2)N1c1nc2c3c(ccc2s1)OCO3. The van der Waals surface area contributed by atoms with Gasteiger partial charge in [-0.3, -0.25) is 4.90 Å². The van der Waals surface area contributed by atoms with Crippen molar-refractivity contribution < 1.29 is 14.3 Å². The van der Waals surface area contributed by atoms with E-state index in [9.17, 15) is 4.79 Å². The number of hydrogen-bond acceptors (Lipinski definition) is 5. The van der Waals surface area contributed by atoms with Crippen LogP contribution < -0.4 is 19.7 Å². The van der Waals surface area contributed by atoms with Crippen molar-refractivity contribution in [3.63, 3.8) is 0 Å². The number of urea groups is 1. The quantitative estimate of drug-likeness (QED) is 0.873. The number of thiazole rings is 1. The Labute approximate surface area is 118 Å². The molecular weight excluding hydrogens is 278 g/mol. The molecule has 5 rings (SSSR count). The maximum Gasteiger partial charge on any atom is 0.324 e. The van der Waals surface area contributed by atoms with Gasteiger partial charge in [-0.2, -0.15) is 0 Å². The highest BCUT2D eigenvalue weighted by Crippen LogP contribution is 2.49. The lowest BCUT2D eigenvalue weighted by Gasteiger charge is -2.18. The molecule has 0 radical (unpaired) electrons. The molecule has 0 unspecified atom stereocenters. The number of nitrogens with zero attached hydrogens (tertiary/aromatic N) is 2. The number of carbonyl (C=O) groups is 1. The highest BCUT2D eigenvalue weighted by atomic mass is 32.1. The Balaban J connectivity index is 1.69. The third-order valence-corrected chi connectivity index (χ3v) is 5.16. The minimum Gasteiger partial charge on any atom is -0.454 e. The molecule has 2 aliphatic heterocycles. The Morgan fingerprint density at radius 1 is 1.35 bits per heavy atom. The molecule has 3 heterocycles. The van der Waals surface area contributed by atoms with Gasteiger partial charge in [0.1, 0.15) is 5.52 Å². The van der Waals surface area contributed by atoms with Gasteiger partial charge in [0.15, 0.2) is 16.6 Å². The standard InChI is InChI=1S/C13H11N3O3S/c17-11-14-5-13(3-4-13)16(11)12-15-9-8(20-12)2-1-7-10(9)19-6-18-7/h1-2H,3-6H2,(H,14,17). The van der Waals surface area contributed by atoms with E-state index in [-0.39, 0.29) is 18.4 Å². The third kappa shape index (κ3) is 1.23. The summed E-state index contributed by atoms with van der Waals surface area (Å²) in [6.45, 7) is 0.953. The minimum atomic E-state index is -0.0460. The number of fused-ring (bicyclic) bond motifs is 3. The Bertz CT molecular complexity index is 753. The maximum atomic E-state index is 12.1. The van der Waals surface area contributed by atoms with Crippen LogP contribution in [0.15, 0.2) is 12.1 Å². The molecule has 1 spiro atoms. The molecule has 6 nitrogen and oxygen atoms in total. The number of ether oxygens (including phenoxy) is 2. The van der Waals surface area contributed by atoms with Gasteiger partial charge < -0.3 is 14.8 Å². The molecule has 0 atom stereocenters. The van der Waals surface area contributed by atoms with Crippen molar-refractivity contribution in [2.75, 3.05) is 18.2 Å². The summed E-state index contributed by atoms with van der Waals surface area (Å²) >= 11 is 1.53. The largest absolute Gasteiger partial charge is 0.454 e. The van der Waals surface area contributed by atoms with Crippen LogP contribution in [-0.4, -0.2) is 29.9 Å². The normalized spacial score (nSPS) is 21.8. The van der Waals surface area contributed by atoms with Gasteiger partial charge >= 0.3 is 6.03 Å². The summed E-state index contributed by atoms with van der Waals surface area (Å²) in [4.78, 5) is 18.5. The summed E-state index contributed by atoms with van der Waals surface area (Å²) in [5, 5.41) is 3.66.